The lowest BCUT2D eigenvalue weighted by atomic mass is 10.2. The Morgan fingerprint density at radius 1 is 1.27 bits per heavy atom. The number of fused-ring (bicyclic) bond motifs is 1. The van der Waals surface area contributed by atoms with Crippen molar-refractivity contribution in [2.75, 3.05) is 11.5 Å². The predicted molar refractivity (Wildman–Crippen MR) is 44.9 cm³/mol. The van der Waals surface area contributed by atoms with Crippen LogP contribution in [0.25, 0.3) is 10.9 Å². The van der Waals surface area contributed by atoms with Gasteiger partial charge in [-0.25, -0.2) is 0 Å². The van der Waals surface area contributed by atoms with Crippen LogP contribution in [0.1, 0.15) is 0 Å². The van der Waals surface area contributed by atoms with Crippen molar-refractivity contribution in [3.05, 3.63) is 18.2 Å². The minimum atomic E-state index is 0.514. The molecule has 0 amide bonds. The second-order valence-electron chi connectivity index (χ2n) is 2.41. The number of nitrogen functional groups attached to an aromatic ring is 2. The van der Waals surface area contributed by atoms with Crippen molar-refractivity contribution in [1.29, 1.82) is 0 Å². The highest BCUT2D eigenvalue weighted by molar-refractivity contribution is 5.90. The summed E-state index contributed by atoms with van der Waals surface area (Å²) in [4.78, 5) is 0. The van der Waals surface area contributed by atoms with E-state index in [9.17, 15) is 0 Å². The third-order valence-corrected chi connectivity index (χ3v) is 1.62. The zero-order chi connectivity index (χ0) is 7.84. The molecular weight excluding hydrogens is 140 g/mol. The summed E-state index contributed by atoms with van der Waals surface area (Å²) in [6.07, 6.45) is 0. The third-order valence-electron chi connectivity index (χ3n) is 1.62. The summed E-state index contributed by atoms with van der Waals surface area (Å²) in [5.41, 5.74) is 12.7. The third kappa shape index (κ3) is 0.797. The monoisotopic (exact) mass is 148 g/mol. The van der Waals surface area contributed by atoms with Gasteiger partial charge in [-0.05, 0) is 18.2 Å². The van der Waals surface area contributed by atoms with Gasteiger partial charge in [0.2, 0.25) is 0 Å². The number of rotatable bonds is 0. The molecule has 0 aliphatic carbocycles. The summed E-state index contributed by atoms with van der Waals surface area (Å²) in [5, 5.41) is 7.52. The van der Waals surface area contributed by atoms with E-state index >= 15 is 0 Å². The Bertz CT molecular complexity index is 390. The summed E-state index contributed by atoms with van der Waals surface area (Å²) in [6.45, 7) is 0. The number of nitrogens with zero attached hydrogens (tertiary/aromatic N) is 1. The zero-order valence-electron chi connectivity index (χ0n) is 5.83. The Morgan fingerprint density at radius 2 is 2.09 bits per heavy atom. The second-order valence-corrected chi connectivity index (χ2v) is 2.41. The van der Waals surface area contributed by atoms with E-state index in [4.69, 9.17) is 11.5 Å². The summed E-state index contributed by atoms with van der Waals surface area (Å²) in [7, 11) is 0. The van der Waals surface area contributed by atoms with Gasteiger partial charge in [-0.3, -0.25) is 5.10 Å². The SMILES string of the molecule is Nc1ccc2c(N)n[nH]c2c1. The van der Waals surface area contributed by atoms with Crippen molar-refractivity contribution in [2.45, 2.75) is 0 Å². The molecule has 4 heteroatoms. The molecule has 0 spiro atoms. The van der Waals surface area contributed by atoms with E-state index in [0.717, 1.165) is 10.9 Å². The van der Waals surface area contributed by atoms with Crippen molar-refractivity contribution in [2.24, 2.45) is 0 Å². The van der Waals surface area contributed by atoms with Crippen LogP contribution in [-0.2, 0) is 0 Å². The van der Waals surface area contributed by atoms with Crippen LogP contribution in [0.3, 0.4) is 0 Å². The molecule has 0 fully saturated rings. The molecule has 2 rings (SSSR count). The first kappa shape index (κ1) is 6.03. The van der Waals surface area contributed by atoms with E-state index < -0.39 is 0 Å². The molecule has 11 heavy (non-hydrogen) atoms. The average Bonchev–Trinajstić information content (AvgIpc) is 2.32. The lowest BCUT2D eigenvalue weighted by Gasteiger charge is -1.91. The van der Waals surface area contributed by atoms with Crippen molar-refractivity contribution in [1.82, 2.24) is 10.2 Å². The molecule has 0 bridgehead atoms. The molecular formula is C7H8N4. The van der Waals surface area contributed by atoms with E-state index in [1.54, 1.807) is 12.1 Å². The molecule has 1 heterocycles. The summed E-state index contributed by atoms with van der Waals surface area (Å²) in [5.74, 6) is 0.514. The molecule has 2 aromatic rings. The summed E-state index contributed by atoms with van der Waals surface area (Å²) in [6, 6.07) is 5.45. The number of benzene rings is 1. The fraction of sp³-hybridized carbons (Fsp3) is 0. The average molecular weight is 148 g/mol. The van der Waals surface area contributed by atoms with Gasteiger partial charge in [-0.2, -0.15) is 5.10 Å². The van der Waals surface area contributed by atoms with Gasteiger partial charge in [-0.15, -0.1) is 0 Å². The first-order chi connectivity index (χ1) is 5.27. The van der Waals surface area contributed by atoms with Gasteiger partial charge in [0.1, 0.15) is 0 Å². The van der Waals surface area contributed by atoms with Crippen LogP contribution < -0.4 is 11.5 Å². The van der Waals surface area contributed by atoms with E-state index in [-0.39, 0.29) is 0 Å². The lowest BCUT2D eigenvalue weighted by Crippen LogP contribution is -1.84. The first-order valence-electron chi connectivity index (χ1n) is 3.26. The number of anilines is 2. The molecule has 5 N–H and O–H groups in total. The van der Waals surface area contributed by atoms with Gasteiger partial charge in [0.15, 0.2) is 5.82 Å². The molecule has 56 valence electrons. The summed E-state index contributed by atoms with van der Waals surface area (Å²) >= 11 is 0. The number of hydrogen-bond donors (Lipinski definition) is 3. The van der Waals surface area contributed by atoms with E-state index in [0.29, 0.717) is 11.5 Å². The molecule has 0 saturated carbocycles. The highest BCUT2D eigenvalue weighted by Crippen LogP contribution is 2.19. The molecule has 0 saturated heterocycles. The van der Waals surface area contributed by atoms with Crippen LogP contribution in [0.5, 0.6) is 0 Å². The molecule has 1 aromatic heterocycles. The Morgan fingerprint density at radius 3 is 2.91 bits per heavy atom. The largest absolute Gasteiger partial charge is 0.399 e. The maximum atomic E-state index is 5.54. The van der Waals surface area contributed by atoms with E-state index in [2.05, 4.69) is 10.2 Å². The van der Waals surface area contributed by atoms with Gasteiger partial charge in [-0.1, -0.05) is 0 Å². The normalized spacial score (nSPS) is 10.5. The lowest BCUT2D eigenvalue weighted by molar-refractivity contribution is 1.13. The number of hydrogen-bond acceptors (Lipinski definition) is 3. The van der Waals surface area contributed by atoms with Gasteiger partial charge < -0.3 is 11.5 Å². The Balaban J connectivity index is 2.86. The fourth-order valence-corrected chi connectivity index (χ4v) is 1.06. The first-order valence-corrected chi connectivity index (χ1v) is 3.26. The summed E-state index contributed by atoms with van der Waals surface area (Å²) < 4.78 is 0. The van der Waals surface area contributed by atoms with Crippen LogP contribution in [0.15, 0.2) is 18.2 Å². The smallest absolute Gasteiger partial charge is 0.153 e. The number of aromatic nitrogens is 2. The van der Waals surface area contributed by atoms with Crippen LogP contribution in [0, 0.1) is 0 Å². The maximum absolute atomic E-state index is 5.54. The molecule has 4 nitrogen and oxygen atoms in total. The minimum absolute atomic E-state index is 0.514. The van der Waals surface area contributed by atoms with Crippen LogP contribution in [0.2, 0.25) is 0 Å². The van der Waals surface area contributed by atoms with Crippen molar-refractivity contribution >= 4 is 22.4 Å². The minimum Gasteiger partial charge on any atom is -0.399 e. The Hall–Kier alpha value is -1.71. The molecule has 0 radical (unpaired) electrons. The van der Waals surface area contributed by atoms with Gasteiger partial charge in [0.25, 0.3) is 0 Å². The van der Waals surface area contributed by atoms with E-state index in [1.807, 2.05) is 6.07 Å². The van der Waals surface area contributed by atoms with E-state index in [1.165, 1.54) is 0 Å². The van der Waals surface area contributed by atoms with Crippen molar-refractivity contribution in [3.8, 4) is 0 Å². The number of aromatic amines is 1. The van der Waals surface area contributed by atoms with Crippen molar-refractivity contribution in [3.63, 3.8) is 0 Å². The Labute approximate surface area is 63.2 Å². The van der Waals surface area contributed by atoms with Gasteiger partial charge in [0, 0.05) is 11.1 Å². The molecule has 0 atom stereocenters. The fourth-order valence-electron chi connectivity index (χ4n) is 1.06. The molecule has 0 aliphatic heterocycles. The Kier molecular flexibility index (Phi) is 1.03. The quantitative estimate of drug-likeness (QED) is 0.482. The number of nitrogens with two attached hydrogens (primary N) is 2. The van der Waals surface area contributed by atoms with Gasteiger partial charge >= 0.3 is 0 Å². The molecule has 0 aliphatic rings. The topological polar surface area (TPSA) is 80.7 Å². The number of H-pyrrole nitrogens is 1. The van der Waals surface area contributed by atoms with Crippen LogP contribution in [0.4, 0.5) is 11.5 Å². The number of nitrogens with one attached hydrogen (secondary N) is 1. The standard InChI is InChI=1S/C7H8N4/c8-4-1-2-5-6(3-4)10-11-7(5)9/h1-3H,8H2,(H3,9,10,11). The highest BCUT2D eigenvalue weighted by Gasteiger charge is 1.99. The van der Waals surface area contributed by atoms with Crippen LogP contribution >= 0.6 is 0 Å². The maximum Gasteiger partial charge on any atom is 0.153 e. The van der Waals surface area contributed by atoms with Gasteiger partial charge in [0.05, 0.1) is 5.52 Å². The molecule has 1 aromatic carbocycles. The molecule has 0 unspecified atom stereocenters. The predicted octanol–water partition coefficient (Wildman–Crippen LogP) is 0.727. The highest BCUT2D eigenvalue weighted by atomic mass is 15.1. The zero-order valence-corrected chi connectivity index (χ0v) is 5.83. The van der Waals surface area contributed by atoms with Crippen molar-refractivity contribution < 1.29 is 0 Å². The van der Waals surface area contributed by atoms with Crippen LogP contribution in [-0.4, -0.2) is 10.2 Å². The second kappa shape index (κ2) is 1.88.